The number of benzene rings is 2. The number of aryl methyl sites for hydroxylation is 2. The van der Waals surface area contributed by atoms with Crippen molar-refractivity contribution in [3.8, 4) is 0 Å². The number of anilines is 2. The Bertz CT molecular complexity index is 765. The molecule has 1 saturated heterocycles. The van der Waals surface area contributed by atoms with Crippen LogP contribution in [0.3, 0.4) is 0 Å². The Balaban J connectivity index is 1.84. The zero-order chi connectivity index (χ0) is 16.6. The summed E-state index contributed by atoms with van der Waals surface area (Å²) in [5, 5.41) is 3.23. The highest BCUT2D eigenvalue weighted by molar-refractivity contribution is 6.23. The van der Waals surface area contributed by atoms with E-state index in [0.717, 1.165) is 22.4 Å². The van der Waals surface area contributed by atoms with Crippen LogP contribution in [-0.2, 0) is 9.59 Å². The van der Waals surface area contributed by atoms with Crippen LogP contribution in [0.25, 0.3) is 0 Å². The maximum Gasteiger partial charge on any atom is 0.256 e. The molecule has 1 aliphatic rings. The van der Waals surface area contributed by atoms with Gasteiger partial charge in [-0.15, -0.1) is 0 Å². The number of imide groups is 1. The Labute approximate surface area is 136 Å². The Hall–Kier alpha value is -2.62. The average molecular weight is 308 g/mol. The normalized spacial score (nSPS) is 17.7. The molecule has 1 aliphatic heterocycles. The summed E-state index contributed by atoms with van der Waals surface area (Å²) >= 11 is 0. The highest BCUT2D eigenvalue weighted by Crippen LogP contribution is 2.27. The summed E-state index contributed by atoms with van der Waals surface area (Å²) in [7, 11) is 0. The van der Waals surface area contributed by atoms with E-state index in [4.69, 9.17) is 0 Å². The minimum Gasteiger partial charge on any atom is -0.373 e. The summed E-state index contributed by atoms with van der Waals surface area (Å²) in [6.45, 7) is 6.01. The minimum atomic E-state index is -0.510. The van der Waals surface area contributed by atoms with Gasteiger partial charge < -0.3 is 5.32 Å². The quantitative estimate of drug-likeness (QED) is 0.885. The van der Waals surface area contributed by atoms with E-state index in [0.29, 0.717) is 5.69 Å². The number of nitrogens with one attached hydrogen (secondary N) is 1. The molecule has 1 heterocycles. The largest absolute Gasteiger partial charge is 0.373 e. The Morgan fingerprint density at radius 3 is 2.39 bits per heavy atom. The molecule has 2 aromatic rings. The Kier molecular flexibility index (Phi) is 3.90. The lowest BCUT2D eigenvalue weighted by molar-refractivity contribution is -0.121. The van der Waals surface area contributed by atoms with Crippen molar-refractivity contribution in [3.05, 3.63) is 59.2 Å². The fourth-order valence-corrected chi connectivity index (χ4v) is 2.80. The van der Waals surface area contributed by atoms with Gasteiger partial charge in [0.25, 0.3) is 5.91 Å². The van der Waals surface area contributed by atoms with Crippen molar-refractivity contribution < 1.29 is 9.59 Å². The van der Waals surface area contributed by atoms with E-state index in [1.165, 1.54) is 4.90 Å². The molecule has 0 aromatic heterocycles. The van der Waals surface area contributed by atoms with E-state index < -0.39 is 6.04 Å². The molecule has 2 amide bonds. The van der Waals surface area contributed by atoms with E-state index in [-0.39, 0.29) is 18.2 Å². The predicted molar refractivity (Wildman–Crippen MR) is 91.6 cm³/mol. The number of carbonyl (C=O) groups excluding carboxylic acids is 2. The van der Waals surface area contributed by atoms with Crippen molar-refractivity contribution in [1.29, 1.82) is 0 Å². The summed E-state index contributed by atoms with van der Waals surface area (Å²) in [5.74, 6) is -0.360. The van der Waals surface area contributed by atoms with Gasteiger partial charge in [-0.2, -0.15) is 0 Å². The lowest BCUT2D eigenvalue weighted by Gasteiger charge is -2.17. The smallest absolute Gasteiger partial charge is 0.256 e. The molecule has 118 valence electrons. The topological polar surface area (TPSA) is 49.4 Å². The summed E-state index contributed by atoms with van der Waals surface area (Å²) in [5.41, 5.74) is 4.89. The molecule has 3 rings (SSSR count). The molecule has 1 N–H and O–H groups in total. The number of hydrogen-bond acceptors (Lipinski definition) is 3. The number of carbonyl (C=O) groups is 2. The minimum absolute atomic E-state index is 0.165. The van der Waals surface area contributed by atoms with Gasteiger partial charge in [0.15, 0.2) is 0 Å². The van der Waals surface area contributed by atoms with Crippen LogP contribution < -0.4 is 10.2 Å². The fraction of sp³-hybridized carbons (Fsp3) is 0.263. The van der Waals surface area contributed by atoms with Gasteiger partial charge in [0.05, 0.1) is 12.1 Å². The summed E-state index contributed by atoms with van der Waals surface area (Å²) in [6, 6.07) is 12.8. The molecule has 0 bridgehead atoms. The molecule has 0 aliphatic carbocycles. The number of rotatable bonds is 3. The second kappa shape index (κ2) is 5.88. The van der Waals surface area contributed by atoms with Gasteiger partial charge in [-0.05, 0) is 50.1 Å². The van der Waals surface area contributed by atoms with E-state index in [1.54, 1.807) is 0 Å². The van der Waals surface area contributed by atoms with Crippen LogP contribution in [0.2, 0.25) is 0 Å². The molecular formula is C19H20N2O2. The monoisotopic (exact) mass is 308 g/mol. The fourth-order valence-electron chi connectivity index (χ4n) is 2.80. The first kappa shape index (κ1) is 15.3. The Morgan fingerprint density at radius 2 is 1.70 bits per heavy atom. The summed E-state index contributed by atoms with van der Waals surface area (Å²) < 4.78 is 0. The molecule has 23 heavy (non-hydrogen) atoms. The molecular weight excluding hydrogens is 288 g/mol. The standard InChI is InChI=1S/C19H20N2O2/c1-12-7-9-15(10-8-12)21-18(22)11-17(19(21)23)20-16-6-4-5-13(2)14(16)3/h4-10,17,20H,11H2,1-3H3/t17-/m1/s1. The van der Waals surface area contributed by atoms with Crippen molar-refractivity contribution in [2.45, 2.75) is 33.2 Å². The molecule has 0 radical (unpaired) electrons. The van der Waals surface area contributed by atoms with E-state index >= 15 is 0 Å². The van der Waals surface area contributed by atoms with Crippen LogP contribution in [0.1, 0.15) is 23.1 Å². The maximum atomic E-state index is 12.6. The van der Waals surface area contributed by atoms with Gasteiger partial charge in [-0.3, -0.25) is 9.59 Å². The lowest BCUT2D eigenvalue weighted by atomic mass is 10.1. The molecule has 0 unspecified atom stereocenters. The van der Waals surface area contributed by atoms with Crippen LogP contribution in [0.15, 0.2) is 42.5 Å². The number of nitrogens with zero attached hydrogens (tertiary/aromatic N) is 1. The zero-order valence-corrected chi connectivity index (χ0v) is 13.6. The van der Waals surface area contributed by atoms with E-state index in [1.807, 2.05) is 63.2 Å². The van der Waals surface area contributed by atoms with Gasteiger partial charge in [-0.25, -0.2) is 4.90 Å². The highest BCUT2D eigenvalue weighted by atomic mass is 16.2. The van der Waals surface area contributed by atoms with Crippen LogP contribution in [0.5, 0.6) is 0 Å². The summed E-state index contributed by atoms with van der Waals surface area (Å²) in [4.78, 5) is 26.2. The van der Waals surface area contributed by atoms with Gasteiger partial charge in [0.1, 0.15) is 6.04 Å². The van der Waals surface area contributed by atoms with Crippen molar-refractivity contribution >= 4 is 23.2 Å². The molecule has 2 aromatic carbocycles. The van der Waals surface area contributed by atoms with Crippen molar-refractivity contribution in [3.63, 3.8) is 0 Å². The molecule has 0 saturated carbocycles. The van der Waals surface area contributed by atoms with Gasteiger partial charge in [0.2, 0.25) is 5.91 Å². The second-order valence-corrected chi connectivity index (χ2v) is 6.05. The molecule has 1 fully saturated rings. The molecule has 0 spiro atoms. The van der Waals surface area contributed by atoms with Gasteiger partial charge in [0, 0.05) is 5.69 Å². The first-order chi connectivity index (χ1) is 11.0. The SMILES string of the molecule is Cc1ccc(N2C(=O)C[C@@H](Nc3cccc(C)c3C)C2=O)cc1. The van der Waals surface area contributed by atoms with Crippen molar-refractivity contribution in [1.82, 2.24) is 0 Å². The van der Waals surface area contributed by atoms with Crippen molar-refractivity contribution in [2.75, 3.05) is 10.2 Å². The summed E-state index contributed by atoms with van der Waals surface area (Å²) in [6.07, 6.45) is 0.181. The van der Waals surface area contributed by atoms with Gasteiger partial charge in [-0.1, -0.05) is 29.8 Å². The third-order valence-corrected chi connectivity index (χ3v) is 4.37. The second-order valence-electron chi connectivity index (χ2n) is 6.05. The van der Waals surface area contributed by atoms with Crippen LogP contribution in [-0.4, -0.2) is 17.9 Å². The van der Waals surface area contributed by atoms with Crippen LogP contribution in [0, 0.1) is 20.8 Å². The molecule has 4 nitrogen and oxygen atoms in total. The predicted octanol–water partition coefficient (Wildman–Crippen LogP) is 3.36. The first-order valence-corrected chi connectivity index (χ1v) is 7.73. The van der Waals surface area contributed by atoms with Crippen LogP contribution >= 0.6 is 0 Å². The average Bonchev–Trinajstić information content (AvgIpc) is 2.79. The lowest BCUT2D eigenvalue weighted by Crippen LogP contribution is -2.34. The highest BCUT2D eigenvalue weighted by Gasteiger charge is 2.39. The maximum absolute atomic E-state index is 12.6. The zero-order valence-electron chi connectivity index (χ0n) is 13.6. The third kappa shape index (κ3) is 2.84. The molecule has 1 atom stereocenters. The number of amides is 2. The van der Waals surface area contributed by atoms with Crippen LogP contribution in [0.4, 0.5) is 11.4 Å². The van der Waals surface area contributed by atoms with Crippen molar-refractivity contribution in [2.24, 2.45) is 0 Å². The Morgan fingerprint density at radius 1 is 1.00 bits per heavy atom. The number of hydrogen-bond donors (Lipinski definition) is 1. The first-order valence-electron chi connectivity index (χ1n) is 7.73. The third-order valence-electron chi connectivity index (χ3n) is 4.37. The molecule has 4 heteroatoms. The van der Waals surface area contributed by atoms with E-state index in [9.17, 15) is 9.59 Å². The van der Waals surface area contributed by atoms with E-state index in [2.05, 4.69) is 5.32 Å². The van der Waals surface area contributed by atoms with Gasteiger partial charge >= 0.3 is 0 Å².